The van der Waals surface area contributed by atoms with Crippen LogP contribution in [0.5, 0.6) is 0 Å². The van der Waals surface area contributed by atoms with Gasteiger partial charge >= 0.3 is 0 Å². The Morgan fingerprint density at radius 2 is 2.14 bits per heavy atom. The SMILES string of the molecule is CCc1nc(CCNC(=NC)NCCN2CCOCC2)cs1. The van der Waals surface area contributed by atoms with Gasteiger partial charge in [-0.2, -0.15) is 0 Å². The van der Waals surface area contributed by atoms with Gasteiger partial charge in [-0.05, 0) is 6.42 Å². The van der Waals surface area contributed by atoms with Gasteiger partial charge in [0.1, 0.15) is 0 Å². The molecule has 22 heavy (non-hydrogen) atoms. The molecule has 0 saturated carbocycles. The van der Waals surface area contributed by atoms with Gasteiger partial charge in [-0.25, -0.2) is 4.98 Å². The van der Waals surface area contributed by atoms with Gasteiger partial charge in [0.15, 0.2) is 5.96 Å². The van der Waals surface area contributed by atoms with Crippen molar-refractivity contribution in [3.8, 4) is 0 Å². The quantitative estimate of drug-likeness (QED) is 0.572. The molecular formula is C15H27N5OS. The summed E-state index contributed by atoms with van der Waals surface area (Å²) in [6.07, 6.45) is 1.95. The Morgan fingerprint density at radius 3 is 2.82 bits per heavy atom. The molecule has 0 aromatic carbocycles. The smallest absolute Gasteiger partial charge is 0.191 e. The van der Waals surface area contributed by atoms with Crippen molar-refractivity contribution in [2.45, 2.75) is 19.8 Å². The van der Waals surface area contributed by atoms with E-state index in [2.05, 4.69) is 37.8 Å². The van der Waals surface area contributed by atoms with E-state index in [0.29, 0.717) is 0 Å². The highest BCUT2D eigenvalue weighted by atomic mass is 32.1. The summed E-state index contributed by atoms with van der Waals surface area (Å²) in [5.74, 6) is 0.860. The molecule has 0 spiro atoms. The molecule has 0 bridgehead atoms. The lowest BCUT2D eigenvalue weighted by atomic mass is 10.3. The maximum absolute atomic E-state index is 5.35. The van der Waals surface area contributed by atoms with E-state index in [4.69, 9.17) is 4.74 Å². The predicted octanol–water partition coefficient (Wildman–Crippen LogP) is 0.745. The monoisotopic (exact) mass is 325 g/mol. The molecule has 0 aliphatic carbocycles. The summed E-state index contributed by atoms with van der Waals surface area (Å²) in [6, 6.07) is 0. The Morgan fingerprint density at radius 1 is 1.36 bits per heavy atom. The summed E-state index contributed by atoms with van der Waals surface area (Å²) in [7, 11) is 1.81. The average molecular weight is 325 g/mol. The molecular weight excluding hydrogens is 298 g/mol. The number of rotatable bonds is 7. The first-order chi connectivity index (χ1) is 10.8. The van der Waals surface area contributed by atoms with Gasteiger partial charge in [-0.3, -0.25) is 9.89 Å². The molecule has 1 aromatic heterocycles. The first-order valence-electron chi connectivity index (χ1n) is 7.99. The molecule has 0 unspecified atom stereocenters. The molecule has 2 rings (SSSR count). The van der Waals surface area contributed by atoms with Crippen molar-refractivity contribution in [1.29, 1.82) is 0 Å². The predicted molar refractivity (Wildman–Crippen MR) is 91.8 cm³/mol. The molecule has 0 atom stereocenters. The summed E-state index contributed by atoms with van der Waals surface area (Å²) in [6.45, 7) is 8.66. The zero-order chi connectivity index (χ0) is 15.6. The van der Waals surface area contributed by atoms with E-state index < -0.39 is 0 Å². The molecule has 0 radical (unpaired) electrons. The summed E-state index contributed by atoms with van der Waals surface area (Å²) in [4.78, 5) is 11.2. The van der Waals surface area contributed by atoms with E-state index >= 15 is 0 Å². The zero-order valence-electron chi connectivity index (χ0n) is 13.6. The number of morpholine rings is 1. The van der Waals surface area contributed by atoms with Crippen LogP contribution in [0.25, 0.3) is 0 Å². The number of nitrogens with one attached hydrogen (secondary N) is 2. The highest BCUT2D eigenvalue weighted by molar-refractivity contribution is 7.09. The van der Waals surface area contributed by atoms with Crippen LogP contribution in [0.15, 0.2) is 10.4 Å². The molecule has 1 aliphatic heterocycles. The van der Waals surface area contributed by atoms with Gasteiger partial charge in [0.25, 0.3) is 0 Å². The topological polar surface area (TPSA) is 61.8 Å². The van der Waals surface area contributed by atoms with Crippen LogP contribution in [0, 0.1) is 0 Å². The molecule has 1 aliphatic rings. The second kappa shape index (κ2) is 9.76. The number of nitrogens with zero attached hydrogens (tertiary/aromatic N) is 3. The van der Waals surface area contributed by atoms with E-state index in [1.807, 2.05) is 7.05 Å². The van der Waals surface area contributed by atoms with Crippen molar-refractivity contribution in [1.82, 2.24) is 20.5 Å². The van der Waals surface area contributed by atoms with Crippen molar-refractivity contribution < 1.29 is 4.74 Å². The van der Waals surface area contributed by atoms with Gasteiger partial charge in [0.2, 0.25) is 0 Å². The largest absolute Gasteiger partial charge is 0.379 e. The second-order valence-corrected chi connectivity index (χ2v) is 6.16. The molecule has 0 amide bonds. The third-order valence-electron chi connectivity index (χ3n) is 3.62. The summed E-state index contributed by atoms with van der Waals surface area (Å²) < 4.78 is 5.35. The molecule has 124 valence electrons. The van der Waals surface area contributed by atoms with Crippen LogP contribution in [0.3, 0.4) is 0 Å². The third kappa shape index (κ3) is 5.90. The first kappa shape index (κ1) is 17.2. The Hall–Kier alpha value is -1.18. The van der Waals surface area contributed by atoms with Crippen LogP contribution >= 0.6 is 11.3 Å². The van der Waals surface area contributed by atoms with Crippen molar-refractivity contribution in [3.05, 3.63) is 16.1 Å². The number of aromatic nitrogens is 1. The van der Waals surface area contributed by atoms with Gasteiger partial charge in [0.05, 0.1) is 23.9 Å². The lowest BCUT2D eigenvalue weighted by Gasteiger charge is -2.26. The number of thiazole rings is 1. The fourth-order valence-corrected chi connectivity index (χ4v) is 3.09. The first-order valence-corrected chi connectivity index (χ1v) is 8.87. The second-order valence-electron chi connectivity index (χ2n) is 5.22. The Labute approximate surface area is 137 Å². The standard InChI is InChI=1S/C15H27N5OS/c1-3-14-19-13(12-22-14)4-5-17-15(16-2)18-6-7-20-8-10-21-11-9-20/h12H,3-11H2,1-2H3,(H2,16,17,18). The molecule has 1 fully saturated rings. The Bertz CT molecular complexity index is 457. The molecule has 6 nitrogen and oxygen atoms in total. The van der Waals surface area contributed by atoms with E-state index in [0.717, 1.165) is 70.4 Å². The normalized spacial score (nSPS) is 16.7. The number of aryl methyl sites for hydroxylation is 1. The molecule has 1 aromatic rings. The maximum Gasteiger partial charge on any atom is 0.191 e. The van der Waals surface area contributed by atoms with Crippen molar-refractivity contribution in [2.24, 2.45) is 4.99 Å². The molecule has 7 heteroatoms. The summed E-state index contributed by atoms with van der Waals surface area (Å²) in [5, 5.41) is 10.1. The Balaban J connectivity index is 1.60. The highest BCUT2D eigenvalue weighted by Crippen LogP contribution is 2.10. The van der Waals surface area contributed by atoms with Crippen LogP contribution in [0.2, 0.25) is 0 Å². The van der Waals surface area contributed by atoms with E-state index in [9.17, 15) is 0 Å². The summed E-state index contributed by atoms with van der Waals surface area (Å²) >= 11 is 1.74. The van der Waals surface area contributed by atoms with Crippen LogP contribution in [-0.2, 0) is 17.6 Å². The van der Waals surface area contributed by atoms with Gasteiger partial charge in [0, 0.05) is 51.6 Å². The van der Waals surface area contributed by atoms with Gasteiger partial charge < -0.3 is 15.4 Å². The van der Waals surface area contributed by atoms with E-state index in [1.54, 1.807) is 11.3 Å². The number of hydrogen-bond donors (Lipinski definition) is 2. The molecule has 2 N–H and O–H groups in total. The average Bonchev–Trinajstić information content (AvgIpc) is 3.02. The molecule has 1 saturated heterocycles. The number of hydrogen-bond acceptors (Lipinski definition) is 5. The maximum atomic E-state index is 5.35. The third-order valence-corrected chi connectivity index (χ3v) is 4.67. The summed E-state index contributed by atoms with van der Waals surface area (Å²) in [5.41, 5.74) is 1.16. The van der Waals surface area contributed by atoms with Gasteiger partial charge in [-0.1, -0.05) is 6.92 Å². The van der Waals surface area contributed by atoms with Crippen molar-refractivity contribution in [2.75, 3.05) is 53.0 Å². The fourth-order valence-electron chi connectivity index (χ4n) is 2.31. The number of guanidine groups is 1. The van der Waals surface area contributed by atoms with Crippen molar-refractivity contribution >= 4 is 17.3 Å². The number of ether oxygens (including phenoxy) is 1. The van der Waals surface area contributed by atoms with Crippen LogP contribution in [0.1, 0.15) is 17.6 Å². The van der Waals surface area contributed by atoms with Gasteiger partial charge in [-0.15, -0.1) is 11.3 Å². The fraction of sp³-hybridized carbons (Fsp3) is 0.733. The highest BCUT2D eigenvalue weighted by Gasteiger charge is 2.09. The van der Waals surface area contributed by atoms with E-state index in [1.165, 1.54) is 5.01 Å². The van der Waals surface area contributed by atoms with Crippen molar-refractivity contribution in [3.63, 3.8) is 0 Å². The van der Waals surface area contributed by atoms with E-state index in [-0.39, 0.29) is 0 Å². The van der Waals surface area contributed by atoms with Crippen LogP contribution < -0.4 is 10.6 Å². The lowest BCUT2D eigenvalue weighted by Crippen LogP contribution is -2.44. The zero-order valence-corrected chi connectivity index (χ0v) is 14.4. The van der Waals surface area contributed by atoms with Crippen LogP contribution in [0.4, 0.5) is 0 Å². The number of aliphatic imine (C=N–C) groups is 1. The minimum atomic E-state index is 0.848. The Kier molecular flexibility index (Phi) is 7.62. The minimum Gasteiger partial charge on any atom is -0.379 e. The van der Waals surface area contributed by atoms with Crippen LogP contribution in [-0.4, -0.2) is 68.8 Å². The lowest BCUT2D eigenvalue weighted by molar-refractivity contribution is 0.0389. The molecule has 2 heterocycles. The minimum absolute atomic E-state index is 0.848.